The van der Waals surface area contributed by atoms with Crippen molar-refractivity contribution < 1.29 is 65.4 Å². The molecule has 4 rings (SSSR count). The smallest absolute Gasteiger partial charge is 0 e. The molecule has 0 aromatic heterocycles. The van der Waals surface area contributed by atoms with E-state index in [4.69, 9.17) is 0 Å². The van der Waals surface area contributed by atoms with E-state index < -0.39 is 0 Å². The molecule has 0 aliphatic rings. The third-order valence-corrected chi connectivity index (χ3v) is 3.70. The van der Waals surface area contributed by atoms with Crippen LogP contribution >= 0.6 is 0 Å². The molecule has 0 aliphatic carbocycles. The number of benzene rings is 4. The third-order valence-electron chi connectivity index (χ3n) is 3.70. The van der Waals surface area contributed by atoms with Crippen LogP contribution in [0, 0.1) is 24.3 Å². The summed E-state index contributed by atoms with van der Waals surface area (Å²) in [5.41, 5.74) is 4.24. The van der Waals surface area contributed by atoms with Gasteiger partial charge in [0.05, 0.1) is 0 Å². The molecule has 0 bridgehead atoms. The molecule has 0 saturated carbocycles. The number of hydrogen-bond acceptors (Lipinski definition) is 0. The van der Waals surface area contributed by atoms with Crippen molar-refractivity contribution in [1.82, 2.24) is 0 Å². The molecule has 0 nitrogen and oxygen atoms in total. The summed E-state index contributed by atoms with van der Waals surface area (Å²) in [6.45, 7) is 0. The van der Waals surface area contributed by atoms with Crippen molar-refractivity contribution in [2.24, 2.45) is 0 Å². The Morgan fingerprint density at radius 1 is 0.500 bits per heavy atom. The van der Waals surface area contributed by atoms with Crippen LogP contribution in [0.25, 0.3) is 33.0 Å². The SMILES string of the molecule is [Y].[Y].[c-]1ccccc1-c1[c-]cc2c[c-]c(-c3[c-]cccc3)cc2c1. The zero-order chi connectivity index (χ0) is 14.8. The summed E-state index contributed by atoms with van der Waals surface area (Å²) in [4.78, 5) is 0. The molecule has 0 heterocycles. The van der Waals surface area contributed by atoms with Gasteiger partial charge in [0, 0.05) is 65.4 Å². The molecule has 24 heavy (non-hydrogen) atoms. The molecule has 2 radical (unpaired) electrons. The fourth-order valence-corrected chi connectivity index (χ4v) is 2.55. The first-order valence-electron chi connectivity index (χ1n) is 7.21. The Morgan fingerprint density at radius 3 is 1.42 bits per heavy atom. The van der Waals surface area contributed by atoms with E-state index in [1.54, 1.807) is 0 Å². The summed E-state index contributed by atoms with van der Waals surface area (Å²) in [5.74, 6) is 0. The van der Waals surface area contributed by atoms with E-state index in [-0.39, 0.29) is 65.4 Å². The predicted molar refractivity (Wildman–Crippen MR) is 90.2 cm³/mol. The molecule has 2 heteroatoms. The Bertz CT molecular complexity index is 842. The Balaban J connectivity index is 0.00000104. The molecule has 4 aromatic rings. The summed E-state index contributed by atoms with van der Waals surface area (Å²) in [6, 6.07) is 37.4. The number of hydrogen-bond donors (Lipinski definition) is 0. The molecular formula is C22H12Y2-4. The van der Waals surface area contributed by atoms with E-state index in [0.717, 1.165) is 27.6 Å². The van der Waals surface area contributed by atoms with Crippen LogP contribution < -0.4 is 0 Å². The van der Waals surface area contributed by atoms with Gasteiger partial charge in [0.25, 0.3) is 0 Å². The first kappa shape index (κ1) is 19.7. The molecule has 110 valence electrons. The maximum Gasteiger partial charge on any atom is 0 e. The van der Waals surface area contributed by atoms with Crippen LogP contribution in [0.1, 0.15) is 0 Å². The van der Waals surface area contributed by atoms with E-state index >= 15 is 0 Å². The standard InChI is InChI=1S/C22H12.2Y/c1-3-7-17(8-4-1)20-13-11-19-12-14-21(16-22(19)15-20)18-9-5-2-6-10-18;;/h1-7,9,11-12,15-16H;;/q-4;;. The van der Waals surface area contributed by atoms with Crippen molar-refractivity contribution in [1.29, 1.82) is 0 Å². The average molecular weight is 454 g/mol. The second kappa shape index (κ2) is 9.16. The first-order chi connectivity index (χ1) is 10.9. The van der Waals surface area contributed by atoms with Crippen LogP contribution in [0.5, 0.6) is 0 Å². The second-order valence-electron chi connectivity index (χ2n) is 5.16. The van der Waals surface area contributed by atoms with Gasteiger partial charge in [-0.3, -0.25) is 0 Å². The molecule has 0 atom stereocenters. The van der Waals surface area contributed by atoms with Gasteiger partial charge in [0.15, 0.2) is 0 Å². The van der Waals surface area contributed by atoms with Crippen LogP contribution in [0.4, 0.5) is 0 Å². The van der Waals surface area contributed by atoms with Crippen LogP contribution in [-0.4, -0.2) is 0 Å². The zero-order valence-corrected chi connectivity index (χ0v) is 18.8. The molecule has 0 amide bonds. The Kier molecular flexibility index (Phi) is 7.51. The summed E-state index contributed by atoms with van der Waals surface area (Å²) in [7, 11) is 0. The van der Waals surface area contributed by atoms with Crippen molar-refractivity contribution in [3.63, 3.8) is 0 Å². The van der Waals surface area contributed by atoms with E-state index in [1.165, 1.54) is 5.39 Å². The van der Waals surface area contributed by atoms with Gasteiger partial charge in [-0.05, 0) is 0 Å². The maximum atomic E-state index is 3.33. The van der Waals surface area contributed by atoms with Gasteiger partial charge in [0.2, 0.25) is 0 Å². The second-order valence-corrected chi connectivity index (χ2v) is 5.16. The predicted octanol–water partition coefficient (Wildman–Crippen LogP) is 5.37. The Hall–Kier alpha value is -0.652. The summed E-state index contributed by atoms with van der Waals surface area (Å²) >= 11 is 0. The molecular weight excluding hydrogens is 442 g/mol. The van der Waals surface area contributed by atoms with E-state index in [2.05, 4.69) is 48.5 Å². The van der Waals surface area contributed by atoms with E-state index in [0.29, 0.717) is 0 Å². The van der Waals surface area contributed by atoms with Crippen molar-refractivity contribution >= 4 is 10.8 Å². The van der Waals surface area contributed by atoms with E-state index in [1.807, 2.05) is 48.5 Å². The molecule has 0 spiro atoms. The van der Waals surface area contributed by atoms with Crippen molar-refractivity contribution in [2.45, 2.75) is 0 Å². The van der Waals surface area contributed by atoms with Gasteiger partial charge >= 0.3 is 0 Å². The van der Waals surface area contributed by atoms with Crippen molar-refractivity contribution in [3.05, 3.63) is 97.1 Å². The Labute approximate surface area is 193 Å². The molecule has 0 aliphatic heterocycles. The topological polar surface area (TPSA) is 0 Å². The molecule has 0 unspecified atom stereocenters. The number of rotatable bonds is 2. The molecule has 4 aromatic carbocycles. The van der Waals surface area contributed by atoms with Gasteiger partial charge in [-0.2, -0.15) is 90.3 Å². The minimum atomic E-state index is 0. The maximum absolute atomic E-state index is 3.33. The quantitative estimate of drug-likeness (QED) is 0.358. The van der Waals surface area contributed by atoms with E-state index in [9.17, 15) is 0 Å². The average Bonchev–Trinajstić information content (AvgIpc) is 2.62. The normalized spacial score (nSPS) is 9.83. The van der Waals surface area contributed by atoms with Gasteiger partial charge < -0.3 is 0 Å². The summed E-state index contributed by atoms with van der Waals surface area (Å²) in [6.07, 6.45) is 0. The van der Waals surface area contributed by atoms with Gasteiger partial charge in [0.1, 0.15) is 0 Å². The molecule has 0 fully saturated rings. The monoisotopic (exact) mass is 454 g/mol. The summed E-state index contributed by atoms with van der Waals surface area (Å²) < 4.78 is 0. The molecule has 0 saturated heterocycles. The van der Waals surface area contributed by atoms with Crippen molar-refractivity contribution in [2.75, 3.05) is 0 Å². The van der Waals surface area contributed by atoms with Crippen molar-refractivity contribution in [3.8, 4) is 22.3 Å². The largest absolute Gasteiger partial charge is 0.226 e. The molecule has 0 N–H and O–H groups in total. The van der Waals surface area contributed by atoms with Crippen LogP contribution in [0.2, 0.25) is 0 Å². The third kappa shape index (κ3) is 4.30. The van der Waals surface area contributed by atoms with Crippen LogP contribution in [-0.2, 0) is 65.4 Å². The van der Waals surface area contributed by atoms with Gasteiger partial charge in [-0.1, -0.05) is 0 Å². The Morgan fingerprint density at radius 2 is 1.00 bits per heavy atom. The minimum Gasteiger partial charge on any atom is -0.226 e. The zero-order valence-electron chi connectivity index (χ0n) is 13.1. The first-order valence-corrected chi connectivity index (χ1v) is 7.21. The van der Waals surface area contributed by atoms with Crippen LogP contribution in [0.15, 0.2) is 72.8 Å². The fourth-order valence-electron chi connectivity index (χ4n) is 2.55. The fraction of sp³-hybridized carbons (Fsp3) is 0. The van der Waals surface area contributed by atoms with Gasteiger partial charge in [-0.15, -0.1) is 17.5 Å². The van der Waals surface area contributed by atoms with Crippen LogP contribution in [0.3, 0.4) is 0 Å². The minimum absolute atomic E-state index is 0. The summed E-state index contributed by atoms with van der Waals surface area (Å²) in [5, 5.41) is 2.32. The van der Waals surface area contributed by atoms with Gasteiger partial charge in [-0.25, -0.2) is 22.3 Å². The number of fused-ring (bicyclic) bond motifs is 1.